The summed E-state index contributed by atoms with van der Waals surface area (Å²) in [6, 6.07) is -0.722. The van der Waals surface area contributed by atoms with Crippen LogP contribution in [-0.2, 0) is 9.59 Å². The fourth-order valence-corrected chi connectivity index (χ4v) is 2.12. The molecule has 1 saturated heterocycles. The van der Waals surface area contributed by atoms with Gasteiger partial charge in [0.25, 0.3) is 0 Å². The summed E-state index contributed by atoms with van der Waals surface area (Å²) in [5.41, 5.74) is -1.11. The Labute approximate surface area is 107 Å². The van der Waals surface area contributed by atoms with Gasteiger partial charge in [-0.3, -0.25) is 20.2 Å². The summed E-state index contributed by atoms with van der Waals surface area (Å²) in [6.45, 7) is 5.33. The van der Waals surface area contributed by atoms with Crippen LogP contribution < -0.4 is 16.0 Å². The molecule has 0 bridgehead atoms. The van der Waals surface area contributed by atoms with Gasteiger partial charge in [0.05, 0.1) is 0 Å². The van der Waals surface area contributed by atoms with Crippen molar-refractivity contribution in [3.8, 4) is 0 Å². The molecule has 1 aliphatic heterocycles. The average Bonchev–Trinajstić information content (AvgIpc) is 2.31. The van der Waals surface area contributed by atoms with Crippen molar-refractivity contribution >= 4 is 17.8 Å². The Kier molecular flexibility index (Phi) is 5.27. The number of barbiturate groups is 1. The van der Waals surface area contributed by atoms with Crippen molar-refractivity contribution in [1.29, 1.82) is 0 Å². The first-order valence-corrected chi connectivity index (χ1v) is 6.44. The zero-order valence-corrected chi connectivity index (χ0v) is 11.0. The first kappa shape index (κ1) is 14.6. The van der Waals surface area contributed by atoms with Crippen molar-refractivity contribution in [2.75, 3.05) is 13.1 Å². The molecule has 0 radical (unpaired) electrons. The van der Waals surface area contributed by atoms with Crippen LogP contribution in [0.3, 0.4) is 0 Å². The fraction of sp³-hybridized carbons (Fsp3) is 0.750. The topological polar surface area (TPSA) is 87.3 Å². The predicted molar refractivity (Wildman–Crippen MR) is 66.8 cm³/mol. The van der Waals surface area contributed by atoms with Gasteiger partial charge < -0.3 is 5.32 Å². The number of nitrogens with one attached hydrogen (secondary N) is 3. The second-order valence-electron chi connectivity index (χ2n) is 4.53. The highest BCUT2D eigenvalue weighted by Crippen LogP contribution is 2.31. The van der Waals surface area contributed by atoms with Crippen LogP contribution in [0.4, 0.5) is 4.79 Å². The summed E-state index contributed by atoms with van der Waals surface area (Å²) in [7, 11) is 0. The quantitative estimate of drug-likeness (QED) is 0.457. The summed E-state index contributed by atoms with van der Waals surface area (Å²) in [5.74, 6) is -0.940. The molecule has 18 heavy (non-hydrogen) atoms. The summed E-state index contributed by atoms with van der Waals surface area (Å²) >= 11 is 0. The number of amides is 4. The third-order valence-corrected chi connectivity index (χ3v) is 3.26. The molecule has 0 atom stereocenters. The Bertz CT molecular complexity index is 321. The molecule has 1 fully saturated rings. The Hall–Kier alpha value is -1.43. The van der Waals surface area contributed by atoms with E-state index >= 15 is 0 Å². The smallest absolute Gasteiger partial charge is 0.317 e. The van der Waals surface area contributed by atoms with Gasteiger partial charge in [-0.15, -0.1) is 0 Å². The number of hydrogen-bond donors (Lipinski definition) is 3. The summed E-state index contributed by atoms with van der Waals surface area (Å²) in [6.07, 6.45) is 2.56. The van der Waals surface area contributed by atoms with Crippen LogP contribution in [0, 0.1) is 5.41 Å². The zero-order valence-electron chi connectivity index (χ0n) is 11.0. The normalized spacial score (nSPS) is 18.4. The molecular formula is C12H21N3O3. The molecule has 0 aromatic rings. The SMILES string of the molecule is CCCCC1(CCNCC)C(=O)NC(=O)NC1=O. The lowest BCUT2D eigenvalue weighted by Crippen LogP contribution is -2.62. The van der Waals surface area contributed by atoms with Crippen LogP contribution in [0.2, 0.25) is 0 Å². The molecule has 0 aromatic carbocycles. The first-order chi connectivity index (χ1) is 8.56. The molecule has 3 N–H and O–H groups in total. The molecule has 4 amide bonds. The standard InChI is InChI=1S/C12H21N3O3/c1-3-5-6-12(7-8-13-4-2)9(16)14-11(18)15-10(12)17/h13H,3-8H2,1-2H3,(H2,14,15,16,17,18). The van der Waals surface area contributed by atoms with Crippen molar-refractivity contribution < 1.29 is 14.4 Å². The molecule has 1 heterocycles. The van der Waals surface area contributed by atoms with Crippen molar-refractivity contribution in [2.24, 2.45) is 5.41 Å². The molecular weight excluding hydrogens is 234 g/mol. The highest BCUT2D eigenvalue weighted by atomic mass is 16.2. The highest BCUT2D eigenvalue weighted by Gasteiger charge is 2.48. The summed E-state index contributed by atoms with van der Waals surface area (Å²) in [4.78, 5) is 35.1. The third-order valence-electron chi connectivity index (χ3n) is 3.26. The molecule has 0 saturated carbocycles. The third kappa shape index (κ3) is 3.07. The number of carbonyl (C=O) groups excluding carboxylic acids is 3. The summed E-state index contributed by atoms with van der Waals surface area (Å²) in [5, 5.41) is 7.50. The maximum Gasteiger partial charge on any atom is 0.328 e. The number of unbranched alkanes of at least 4 members (excludes halogenated alkanes) is 1. The van der Waals surface area contributed by atoms with E-state index in [2.05, 4.69) is 16.0 Å². The lowest BCUT2D eigenvalue weighted by Gasteiger charge is -2.34. The molecule has 0 unspecified atom stereocenters. The maximum absolute atomic E-state index is 12.0. The van der Waals surface area contributed by atoms with Crippen molar-refractivity contribution in [3.05, 3.63) is 0 Å². The van der Waals surface area contributed by atoms with Gasteiger partial charge in [0.15, 0.2) is 0 Å². The van der Waals surface area contributed by atoms with E-state index in [0.29, 0.717) is 19.4 Å². The van der Waals surface area contributed by atoms with Gasteiger partial charge in [0.1, 0.15) is 5.41 Å². The largest absolute Gasteiger partial charge is 0.328 e. The van der Waals surface area contributed by atoms with Crippen LogP contribution in [0.1, 0.15) is 39.5 Å². The molecule has 0 aliphatic carbocycles. The number of rotatable bonds is 7. The Morgan fingerprint density at radius 3 is 2.17 bits per heavy atom. The van der Waals surface area contributed by atoms with E-state index in [9.17, 15) is 14.4 Å². The van der Waals surface area contributed by atoms with Crippen LogP contribution in [0.25, 0.3) is 0 Å². The molecule has 6 heteroatoms. The molecule has 102 valence electrons. The van der Waals surface area contributed by atoms with E-state index in [1.165, 1.54) is 0 Å². The van der Waals surface area contributed by atoms with Gasteiger partial charge in [-0.1, -0.05) is 26.7 Å². The first-order valence-electron chi connectivity index (χ1n) is 6.44. The van der Waals surface area contributed by atoms with Gasteiger partial charge in [0.2, 0.25) is 11.8 Å². The van der Waals surface area contributed by atoms with Crippen LogP contribution in [-0.4, -0.2) is 30.9 Å². The Balaban J connectivity index is 2.83. The highest BCUT2D eigenvalue weighted by molar-refractivity contribution is 6.19. The van der Waals surface area contributed by atoms with E-state index in [-0.39, 0.29) is 0 Å². The fourth-order valence-electron chi connectivity index (χ4n) is 2.12. The predicted octanol–water partition coefficient (Wildman–Crippen LogP) is 0.529. The number of hydrogen-bond acceptors (Lipinski definition) is 4. The monoisotopic (exact) mass is 255 g/mol. The Morgan fingerprint density at radius 2 is 1.67 bits per heavy atom. The van der Waals surface area contributed by atoms with E-state index < -0.39 is 23.3 Å². The van der Waals surface area contributed by atoms with E-state index in [4.69, 9.17) is 0 Å². The van der Waals surface area contributed by atoms with Crippen LogP contribution in [0.15, 0.2) is 0 Å². The second-order valence-corrected chi connectivity index (χ2v) is 4.53. The van der Waals surface area contributed by atoms with Gasteiger partial charge in [-0.25, -0.2) is 4.79 Å². The minimum atomic E-state index is -1.11. The lowest BCUT2D eigenvalue weighted by atomic mass is 9.76. The van der Waals surface area contributed by atoms with E-state index in [0.717, 1.165) is 19.4 Å². The van der Waals surface area contributed by atoms with Crippen LogP contribution in [0.5, 0.6) is 0 Å². The minimum absolute atomic E-state index is 0.409. The minimum Gasteiger partial charge on any atom is -0.317 e. The molecule has 1 rings (SSSR count). The summed E-state index contributed by atoms with van der Waals surface area (Å²) < 4.78 is 0. The zero-order chi connectivity index (χ0) is 13.6. The van der Waals surface area contributed by atoms with Gasteiger partial charge >= 0.3 is 6.03 Å². The Morgan fingerprint density at radius 1 is 1.06 bits per heavy atom. The molecule has 0 aromatic heterocycles. The van der Waals surface area contributed by atoms with Gasteiger partial charge in [0, 0.05) is 0 Å². The molecule has 0 spiro atoms. The van der Waals surface area contributed by atoms with Gasteiger partial charge in [-0.2, -0.15) is 0 Å². The molecule has 6 nitrogen and oxygen atoms in total. The van der Waals surface area contributed by atoms with Gasteiger partial charge in [-0.05, 0) is 25.9 Å². The number of urea groups is 1. The van der Waals surface area contributed by atoms with Crippen LogP contribution >= 0.6 is 0 Å². The second kappa shape index (κ2) is 6.49. The van der Waals surface area contributed by atoms with E-state index in [1.807, 2.05) is 13.8 Å². The average molecular weight is 255 g/mol. The maximum atomic E-state index is 12.0. The van der Waals surface area contributed by atoms with Crippen molar-refractivity contribution in [3.63, 3.8) is 0 Å². The van der Waals surface area contributed by atoms with E-state index in [1.54, 1.807) is 0 Å². The molecule has 1 aliphatic rings. The lowest BCUT2D eigenvalue weighted by molar-refractivity contribution is -0.145. The number of imide groups is 2. The van der Waals surface area contributed by atoms with Crippen molar-refractivity contribution in [1.82, 2.24) is 16.0 Å². The number of carbonyl (C=O) groups is 3. The van der Waals surface area contributed by atoms with Crippen molar-refractivity contribution in [2.45, 2.75) is 39.5 Å².